The number of hydrogen-bond acceptors (Lipinski definition) is 4. The zero-order chi connectivity index (χ0) is 26.6. The van der Waals surface area contributed by atoms with E-state index in [1.165, 1.54) is 12.3 Å². The largest absolute Gasteiger partial charge is 0.311 e. The molecule has 38 heavy (non-hydrogen) atoms. The van der Waals surface area contributed by atoms with Gasteiger partial charge in [0.05, 0.1) is 6.54 Å². The molecule has 2 aromatic carbocycles. The lowest BCUT2D eigenvalue weighted by Gasteiger charge is -2.16. The number of carbonyl (C=O) groups is 1. The maximum Gasteiger partial charge on any atom is 0.250 e. The van der Waals surface area contributed by atoms with E-state index in [1.807, 2.05) is 36.4 Å². The Hall–Kier alpha value is -4.16. The van der Waals surface area contributed by atoms with E-state index in [2.05, 4.69) is 4.98 Å². The molecule has 5 nitrogen and oxygen atoms in total. The number of rotatable bonds is 8. The Balaban J connectivity index is 1.23. The Morgan fingerprint density at radius 3 is 2.58 bits per heavy atom. The molecule has 0 bridgehead atoms. The first kappa shape index (κ1) is 25.5. The van der Waals surface area contributed by atoms with Crippen LogP contribution < -0.4 is 5.56 Å². The van der Waals surface area contributed by atoms with Gasteiger partial charge in [0.15, 0.2) is 5.78 Å². The van der Waals surface area contributed by atoms with Gasteiger partial charge in [0.25, 0.3) is 5.56 Å². The van der Waals surface area contributed by atoms with Crippen LogP contribution >= 0.6 is 11.6 Å². The number of fused-ring (bicyclic) bond motifs is 1. The highest BCUT2D eigenvalue weighted by molar-refractivity contribution is 6.50. The van der Waals surface area contributed by atoms with Crippen molar-refractivity contribution in [1.29, 1.82) is 5.41 Å². The number of carbonyl (C=O) groups excluding carboxylic acids is 1. The monoisotopic (exact) mass is 525 g/mol. The predicted octanol–water partition coefficient (Wildman–Crippen LogP) is 6.19. The molecule has 0 unspecified atom stereocenters. The van der Waals surface area contributed by atoms with Gasteiger partial charge in [-0.3, -0.25) is 14.6 Å². The van der Waals surface area contributed by atoms with Crippen molar-refractivity contribution in [2.24, 2.45) is 0 Å². The zero-order valence-electron chi connectivity index (χ0n) is 20.6. The average molecular weight is 526 g/mol. The standard InChI is InChI=1S/C31H25ClFN3O2/c32-27-9-10-29(34)26-16-28(33)23(15-25(26)27)8-11-30(37)24-14-22(17-35-18-24)13-20-4-6-21(7-5-20)19-36-12-2-1-3-31(36)38/h1-7,9,12,14-18,34H,8,10-11,13,19H2. The van der Waals surface area contributed by atoms with Crippen LogP contribution in [0.3, 0.4) is 0 Å². The van der Waals surface area contributed by atoms with Gasteiger partial charge >= 0.3 is 0 Å². The number of aryl methyl sites for hydroxylation is 1. The lowest BCUT2D eigenvalue weighted by molar-refractivity contribution is 0.0982. The van der Waals surface area contributed by atoms with Crippen LogP contribution in [0.15, 0.2) is 90.1 Å². The third kappa shape index (κ3) is 5.71. The minimum atomic E-state index is -0.430. The minimum absolute atomic E-state index is 0.0420. The van der Waals surface area contributed by atoms with Crippen molar-refractivity contribution in [3.63, 3.8) is 0 Å². The van der Waals surface area contributed by atoms with Crippen LogP contribution in [0.2, 0.25) is 0 Å². The molecule has 0 atom stereocenters. The molecule has 1 N–H and O–H groups in total. The summed E-state index contributed by atoms with van der Waals surface area (Å²) in [4.78, 5) is 29.1. The normalized spacial score (nSPS) is 12.7. The van der Waals surface area contributed by atoms with Gasteiger partial charge in [-0.25, -0.2) is 4.39 Å². The highest BCUT2D eigenvalue weighted by Gasteiger charge is 2.19. The van der Waals surface area contributed by atoms with Crippen LogP contribution in [0.25, 0.3) is 5.03 Å². The van der Waals surface area contributed by atoms with E-state index in [1.54, 1.807) is 41.2 Å². The SMILES string of the molecule is N=C1CC=C(Cl)c2cc(CCC(=O)c3cncc(Cc4ccc(Cn5ccccc5=O)cc4)c3)c(F)cc21. The van der Waals surface area contributed by atoms with Gasteiger partial charge < -0.3 is 9.98 Å². The number of benzene rings is 2. The van der Waals surface area contributed by atoms with Gasteiger partial charge in [0.2, 0.25) is 0 Å². The van der Waals surface area contributed by atoms with Gasteiger partial charge in [-0.1, -0.05) is 48.0 Å². The Kier molecular flexibility index (Phi) is 7.43. The van der Waals surface area contributed by atoms with Crippen molar-refractivity contribution in [3.05, 3.63) is 140 Å². The molecular weight excluding hydrogens is 501 g/mol. The van der Waals surface area contributed by atoms with E-state index in [0.29, 0.717) is 52.4 Å². The molecule has 0 fully saturated rings. The average Bonchev–Trinajstić information content (AvgIpc) is 2.92. The van der Waals surface area contributed by atoms with Crippen LogP contribution in [0.4, 0.5) is 4.39 Å². The molecule has 0 saturated heterocycles. The van der Waals surface area contributed by atoms with Crippen LogP contribution in [0.5, 0.6) is 0 Å². The number of aromatic nitrogens is 2. The molecule has 1 aliphatic rings. The molecule has 0 aliphatic heterocycles. The van der Waals surface area contributed by atoms with Crippen LogP contribution in [0.1, 0.15) is 56.6 Å². The minimum Gasteiger partial charge on any atom is -0.311 e. The van der Waals surface area contributed by atoms with E-state index in [-0.39, 0.29) is 24.2 Å². The molecule has 0 saturated carbocycles. The zero-order valence-corrected chi connectivity index (χ0v) is 21.3. The highest BCUT2D eigenvalue weighted by atomic mass is 35.5. The Labute approximate surface area is 224 Å². The van der Waals surface area contributed by atoms with Gasteiger partial charge in [0.1, 0.15) is 5.82 Å². The number of pyridine rings is 2. The predicted molar refractivity (Wildman–Crippen MR) is 148 cm³/mol. The van der Waals surface area contributed by atoms with Gasteiger partial charge in [-0.15, -0.1) is 0 Å². The van der Waals surface area contributed by atoms with Crippen molar-refractivity contribution < 1.29 is 9.18 Å². The quantitative estimate of drug-likeness (QED) is 0.279. The number of hydrogen-bond donors (Lipinski definition) is 1. The molecule has 2 aromatic heterocycles. The van der Waals surface area contributed by atoms with E-state index < -0.39 is 5.82 Å². The fourth-order valence-corrected chi connectivity index (χ4v) is 4.82. The van der Waals surface area contributed by atoms with Gasteiger partial charge in [-0.05, 0) is 59.4 Å². The topological polar surface area (TPSA) is 75.8 Å². The lowest BCUT2D eigenvalue weighted by atomic mass is 9.91. The molecule has 5 rings (SSSR count). The molecule has 7 heteroatoms. The Bertz CT molecular complexity index is 1620. The number of nitrogens with one attached hydrogen (secondary N) is 1. The third-order valence-corrected chi connectivity index (χ3v) is 7.03. The first-order valence-corrected chi connectivity index (χ1v) is 12.7. The Morgan fingerprint density at radius 2 is 1.79 bits per heavy atom. The third-order valence-electron chi connectivity index (χ3n) is 6.68. The lowest BCUT2D eigenvalue weighted by Crippen LogP contribution is -2.18. The molecular formula is C31H25ClFN3O2. The maximum atomic E-state index is 14.7. The number of nitrogens with zero attached hydrogens (tertiary/aromatic N) is 2. The molecule has 0 spiro atoms. The van der Waals surface area contributed by atoms with Crippen LogP contribution in [-0.4, -0.2) is 21.0 Å². The van der Waals surface area contributed by atoms with Crippen molar-refractivity contribution >= 4 is 28.1 Å². The van der Waals surface area contributed by atoms with E-state index in [0.717, 1.165) is 16.7 Å². The maximum absolute atomic E-state index is 14.7. The second kappa shape index (κ2) is 11.1. The molecule has 190 valence electrons. The van der Waals surface area contributed by atoms with Crippen LogP contribution in [-0.2, 0) is 19.4 Å². The van der Waals surface area contributed by atoms with Crippen molar-refractivity contribution in [1.82, 2.24) is 9.55 Å². The molecule has 0 amide bonds. The van der Waals surface area contributed by atoms with E-state index in [9.17, 15) is 14.0 Å². The van der Waals surface area contributed by atoms with Crippen molar-refractivity contribution in [2.75, 3.05) is 0 Å². The summed E-state index contributed by atoms with van der Waals surface area (Å²) in [6, 6.07) is 17.9. The van der Waals surface area contributed by atoms with Gasteiger partial charge in [-0.2, -0.15) is 0 Å². The number of allylic oxidation sites excluding steroid dienone is 1. The van der Waals surface area contributed by atoms with Gasteiger partial charge in [0, 0.05) is 64.9 Å². The summed E-state index contributed by atoms with van der Waals surface area (Å²) in [5.41, 5.74) is 5.30. The second-order valence-electron chi connectivity index (χ2n) is 9.39. The molecule has 0 radical (unpaired) electrons. The number of halogens is 2. The first-order valence-electron chi connectivity index (χ1n) is 12.3. The summed E-state index contributed by atoms with van der Waals surface area (Å²) < 4.78 is 16.4. The van der Waals surface area contributed by atoms with E-state index >= 15 is 0 Å². The highest BCUT2D eigenvalue weighted by Crippen LogP contribution is 2.31. The molecule has 1 aliphatic carbocycles. The van der Waals surface area contributed by atoms with Crippen molar-refractivity contribution in [3.8, 4) is 0 Å². The summed E-state index contributed by atoms with van der Waals surface area (Å²) in [6.07, 6.45) is 8.13. The fourth-order valence-electron chi connectivity index (χ4n) is 4.58. The summed E-state index contributed by atoms with van der Waals surface area (Å²) >= 11 is 6.28. The number of Topliss-reactive ketones (excluding diaryl/α,β-unsaturated/α-hetero) is 1. The first-order chi connectivity index (χ1) is 18.4. The summed E-state index contributed by atoms with van der Waals surface area (Å²) in [7, 11) is 0. The summed E-state index contributed by atoms with van der Waals surface area (Å²) in [6.45, 7) is 0.501. The second-order valence-corrected chi connectivity index (χ2v) is 9.80. The summed E-state index contributed by atoms with van der Waals surface area (Å²) in [5.74, 6) is -0.547. The fraction of sp³-hybridized carbons (Fsp3) is 0.161. The Morgan fingerprint density at radius 1 is 1.00 bits per heavy atom. The van der Waals surface area contributed by atoms with Crippen LogP contribution in [0, 0.1) is 11.2 Å². The smallest absolute Gasteiger partial charge is 0.250 e. The molecule has 2 heterocycles. The number of ketones is 1. The van der Waals surface area contributed by atoms with E-state index in [4.69, 9.17) is 17.0 Å². The molecule has 4 aromatic rings. The van der Waals surface area contributed by atoms with Crippen molar-refractivity contribution in [2.45, 2.75) is 32.2 Å². The summed E-state index contributed by atoms with van der Waals surface area (Å²) in [5, 5.41) is 8.53.